The van der Waals surface area contributed by atoms with Gasteiger partial charge in [0.1, 0.15) is 0 Å². The summed E-state index contributed by atoms with van der Waals surface area (Å²) < 4.78 is 10.1. The van der Waals surface area contributed by atoms with Crippen molar-refractivity contribution in [2.45, 2.75) is 25.9 Å². The molecule has 0 bridgehead atoms. The third-order valence-electron chi connectivity index (χ3n) is 2.48. The molecular weight excluding hydrogens is 264 g/mol. The molecule has 1 rings (SSSR count). The Kier molecular flexibility index (Phi) is 6.56. The van der Waals surface area contributed by atoms with Crippen LogP contribution in [0.15, 0.2) is 4.42 Å². The first-order valence-corrected chi connectivity index (χ1v) is 6.41. The van der Waals surface area contributed by atoms with Gasteiger partial charge in [-0.2, -0.15) is 0 Å². The molecule has 0 aliphatic heterocycles. The molecule has 1 heterocycles. The summed E-state index contributed by atoms with van der Waals surface area (Å²) >= 11 is 0. The van der Waals surface area contributed by atoms with Gasteiger partial charge in [0, 0.05) is 19.6 Å². The maximum absolute atomic E-state index is 11.7. The van der Waals surface area contributed by atoms with Crippen LogP contribution in [0.25, 0.3) is 0 Å². The smallest absolute Gasteiger partial charge is 0.322 e. The van der Waals surface area contributed by atoms with Crippen LogP contribution < -0.4 is 5.32 Å². The van der Waals surface area contributed by atoms with Crippen LogP contribution in [0.5, 0.6) is 0 Å². The summed E-state index contributed by atoms with van der Waals surface area (Å²) in [7, 11) is 3.24. The molecule has 0 aliphatic carbocycles. The normalized spacial score (nSPS) is 12.9. The highest BCUT2D eigenvalue weighted by atomic mass is 16.5. The van der Waals surface area contributed by atoms with Crippen molar-refractivity contribution in [2.75, 3.05) is 39.2 Å². The van der Waals surface area contributed by atoms with Gasteiger partial charge in [-0.15, -0.1) is 5.10 Å². The van der Waals surface area contributed by atoms with E-state index in [1.165, 1.54) is 7.11 Å². The Balaban J connectivity index is 2.38. The second-order valence-electron chi connectivity index (χ2n) is 4.95. The molecule has 20 heavy (non-hydrogen) atoms. The zero-order valence-corrected chi connectivity index (χ0v) is 12.3. The molecule has 1 atom stereocenters. The molecule has 0 fully saturated rings. The predicted molar refractivity (Wildman–Crippen MR) is 72.4 cm³/mol. The number of carbonyl (C=O) groups excluding carboxylic acids is 1. The minimum Gasteiger partial charge on any atom is -0.408 e. The number of nitrogens with zero attached hydrogens (tertiary/aromatic N) is 3. The highest BCUT2D eigenvalue weighted by Gasteiger charge is 2.15. The van der Waals surface area contributed by atoms with E-state index in [4.69, 9.17) is 9.15 Å². The van der Waals surface area contributed by atoms with E-state index in [9.17, 15) is 9.90 Å². The van der Waals surface area contributed by atoms with Gasteiger partial charge in [-0.3, -0.25) is 15.0 Å². The van der Waals surface area contributed by atoms with E-state index in [-0.39, 0.29) is 31.0 Å². The predicted octanol–water partition coefficient (Wildman–Crippen LogP) is 0.0706. The van der Waals surface area contributed by atoms with Gasteiger partial charge in [0.05, 0.1) is 19.3 Å². The molecule has 8 nitrogen and oxygen atoms in total. The lowest BCUT2D eigenvalue weighted by Crippen LogP contribution is -2.37. The molecular formula is C12H22N4O4. The number of ether oxygens (including phenoxy) is 1. The van der Waals surface area contributed by atoms with Crippen LogP contribution in [0.3, 0.4) is 0 Å². The first-order chi connectivity index (χ1) is 9.42. The topological polar surface area (TPSA) is 101 Å². The van der Waals surface area contributed by atoms with Gasteiger partial charge < -0.3 is 14.3 Å². The second-order valence-corrected chi connectivity index (χ2v) is 4.95. The van der Waals surface area contributed by atoms with Crippen LogP contribution in [-0.2, 0) is 9.53 Å². The van der Waals surface area contributed by atoms with Crippen molar-refractivity contribution in [3.63, 3.8) is 0 Å². The van der Waals surface area contributed by atoms with E-state index >= 15 is 0 Å². The van der Waals surface area contributed by atoms with E-state index in [2.05, 4.69) is 15.5 Å². The van der Waals surface area contributed by atoms with E-state index < -0.39 is 6.10 Å². The van der Waals surface area contributed by atoms with E-state index in [0.29, 0.717) is 12.4 Å². The zero-order chi connectivity index (χ0) is 15.1. The third kappa shape index (κ3) is 5.64. The maximum atomic E-state index is 11.7. The standard InChI is InChI=1S/C12H22N4O4/c1-8(2)11-14-15-12(20-11)13-10(18)6-16(3)5-9(17)7-19-4/h8-9,17H,5-7H2,1-4H3,(H,13,15,18). The van der Waals surface area contributed by atoms with Gasteiger partial charge >= 0.3 is 6.01 Å². The largest absolute Gasteiger partial charge is 0.408 e. The number of rotatable bonds is 8. The Hall–Kier alpha value is -1.51. The van der Waals surface area contributed by atoms with E-state index in [0.717, 1.165) is 0 Å². The van der Waals surface area contributed by atoms with Gasteiger partial charge in [0.2, 0.25) is 11.8 Å². The third-order valence-corrected chi connectivity index (χ3v) is 2.48. The summed E-state index contributed by atoms with van der Waals surface area (Å²) in [6.07, 6.45) is -0.631. The van der Waals surface area contributed by atoms with Gasteiger partial charge in [-0.25, -0.2) is 0 Å². The molecule has 1 aromatic rings. The number of hydrogen-bond acceptors (Lipinski definition) is 7. The minimum absolute atomic E-state index is 0.0875. The average Bonchev–Trinajstić information content (AvgIpc) is 2.77. The summed E-state index contributed by atoms with van der Waals surface area (Å²) in [5.74, 6) is 0.306. The van der Waals surface area contributed by atoms with Gasteiger partial charge in [-0.05, 0) is 7.05 Å². The first-order valence-electron chi connectivity index (χ1n) is 6.41. The zero-order valence-electron chi connectivity index (χ0n) is 12.3. The molecule has 0 radical (unpaired) electrons. The number of nitrogens with one attached hydrogen (secondary N) is 1. The van der Waals surface area contributed by atoms with Crippen molar-refractivity contribution in [1.29, 1.82) is 0 Å². The van der Waals surface area contributed by atoms with Crippen molar-refractivity contribution < 1.29 is 19.1 Å². The molecule has 1 aromatic heterocycles. The van der Waals surface area contributed by atoms with Crippen LogP contribution in [0.2, 0.25) is 0 Å². The number of likely N-dealkylation sites (N-methyl/N-ethyl adjacent to an activating group) is 1. The molecule has 0 aliphatic rings. The summed E-state index contributed by atoms with van der Waals surface area (Å²) in [6, 6.07) is 0.0875. The SMILES string of the molecule is COCC(O)CN(C)CC(=O)Nc1nnc(C(C)C)o1. The number of anilines is 1. The molecule has 2 N–H and O–H groups in total. The fourth-order valence-electron chi connectivity index (χ4n) is 1.59. The Bertz CT molecular complexity index is 421. The molecule has 1 unspecified atom stereocenters. The summed E-state index contributed by atoms with van der Waals surface area (Å²) in [5.41, 5.74) is 0. The van der Waals surface area contributed by atoms with Crippen LogP contribution in [0, 0.1) is 0 Å². The Labute approximate surface area is 118 Å². The fraction of sp³-hybridized carbons (Fsp3) is 0.750. The van der Waals surface area contributed by atoms with Gasteiger partial charge in [0.15, 0.2) is 0 Å². The summed E-state index contributed by atoms with van der Waals surface area (Å²) in [5, 5.41) is 19.6. The Morgan fingerprint density at radius 2 is 2.20 bits per heavy atom. The van der Waals surface area contributed by atoms with E-state index in [1.54, 1.807) is 11.9 Å². The lowest BCUT2D eigenvalue weighted by atomic mass is 10.2. The van der Waals surface area contributed by atoms with Gasteiger partial charge in [-0.1, -0.05) is 18.9 Å². The number of hydrogen-bond donors (Lipinski definition) is 2. The molecule has 8 heteroatoms. The first kappa shape index (κ1) is 16.5. The van der Waals surface area contributed by atoms with Crippen molar-refractivity contribution in [2.24, 2.45) is 0 Å². The van der Waals surface area contributed by atoms with Crippen LogP contribution in [0.1, 0.15) is 25.7 Å². The van der Waals surface area contributed by atoms with Crippen LogP contribution >= 0.6 is 0 Å². The summed E-state index contributed by atoms with van der Waals surface area (Å²) in [6.45, 7) is 4.52. The molecule has 0 saturated carbocycles. The molecule has 0 spiro atoms. The molecule has 0 aromatic carbocycles. The fourth-order valence-corrected chi connectivity index (χ4v) is 1.59. The lowest BCUT2D eigenvalue weighted by Gasteiger charge is -2.18. The number of aliphatic hydroxyl groups is 1. The van der Waals surface area contributed by atoms with Crippen LogP contribution in [0.4, 0.5) is 6.01 Å². The number of aliphatic hydroxyl groups excluding tert-OH is 1. The summed E-state index contributed by atoms with van der Waals surface area (Å²) in [4.78, 5) is 13.4. The van der Waals surface area contributed by atoms with Crippen LogP contribution in [-0.4, -0.2) is 66.1 Å². The molecule has 0 saturated heterocycles. The number of amides is 1. The number of carbonyl (C=O) groups is 1. The van der Waals surface area contributed by atoms with Crippen molar-refractivity contribution in [1.82, 2.24) is 15.1 Å². The Morgan fingerprint density at radius 3 is 2.75 bits per heavy atom. The maximum Gasteiger partial charge on any atom is 0.322 e. The molecule has 114 valence electrons. The van der Waals surface area contributed by atoms with Crippen molar-refractivity contribution >= 4 is 11.9 Å². The minimum atomic E-state index is -0.631. The molecule has 1 amide bonds. The lowest BCUT2D eigenvalue weighted by molar-refractivity contribution is -0.117. The Morgan fingerprint density at radius 1 is 1.50 bits per heavy atom. The quantitative estimate of drug-likeness (QED) is 0.697. The highest BCUT2D eigenvalue weighted by Crippen LogP contribution is 2.14. The van der Waals surface area contributed by atoms with Crippen molar-refractivity contribution in [3.05, 3.63) is 5.89 Å². The average molecular weight is 286 g/mol. The number of aromatic nitrogens is 2. The second kappa shape index (κ2) is 7.93. The highest BCUT2D eigenvalue weighted by molar-refractivity contribution is 5.90. The van der Waals surface area contributed by atoms with Crippen molar-refractivity contribution in [3.8, 4) is 0 Å². The van der Waals surface area contributed by atoms with Gasteiger partial charge in [0.25, 0.3) is 0 Å². The van der Waals surface area contributed by atoms with E-state index in [1.807, 2.05) is 13.8 Å². The number of methoxy groups -OCH3 is 1. The monoisotopic (exact) mass is 286 g/mol.